The van der Waals surface area contributed by atoms with Gasteiger partial charge in [0.1, 0.15) is 11.3 Å². The van der Waals surface area contributed by atoms with Crippen molar-refractivity contribution >= 4 is 11.8 Å². The Bertz CT molecular complexity index is 1110. The monoisotopic (exact) mass is 393 g/mol. The summed E-state index contributed by atoms with van der Waals surface area (Å²) in [6.07, 6.45) is 0. The molecule has 3 aromatic rings. The van der Waals surface area contributed by atoms with E-state index >= 15 is 0 Å². The third-order valence-electron chi connectivity index (χ3n) is 4.80. The van der Waals surface area contributed by atoms with Crippen LogP contribution in [0.2, 0.25) is 0 Å². The fraction of sp³-hybridized carbons (Fsp3) is 0.182. The van der Waals surface area contributed by atoms with Gasteiger partial charge in [-0.25, -0.2) is 4.79 Å². The highest BCUT2D eigenvalue weighted by atomic mass is 16.7. The summed E-state index contributed by atoms with van der Waals surface area (Å²) < 4.78 is 17.8. The number of aromatic hydroxyl groups is 1. The second kappa shape index (κ2) is 7.35. The number of Topliss-reactive ketones (excluding diaryl/α,β-unsaturated/α-hetero) is 1. The maximum absolute atomic E-state index is 12.7. The van der Waals surface area contributed by atoms with Gasteiger partial charge in [-0.05, 0) is 44.2 Å². The number of ether oxygens (including phenoxy) is 3. The van der Waals surface area contributed by atoms with Gasteiger partial charge < -0.3 is 23.9 Å². The maximum atomic E-state index is 12.7. The number of phenolic OH excluding ortho intramolecular Hbond substituents is 1. The predicted molar refractivity (Wildman–Crippen MR) is 104 cm³/mol. The number of hydrogen-bond donors (Lipinski definition) is 1. The minimum Gasteiger partial charge on any atom is -0.507 e. The number of rotatable bonds is 5. The molecular weight excluding hydrogens is 374 g/mol. The Balaban J connectivity index is 1.54. The number of carbonyl (C=O) groups is 2. The van der Waals surface area contributed by atoms with Crippen LogP contribution in [-0.4, -0.2) is 34.8 Å². The fourth-order valence-electron chi connectivity index (χ4n) is 3.40. The van der Waals surface area contributed by atoms with Gasteiger partial charge in [-0.2, -0.15) is 0 Å². The zero-order valence-corrected chi connectivity index (χ0v) is 16.0. The number of carbonyl (C=O) groups excluding carboxylic acids is 2. The van der Waals surface area contributed by atoms with Gasteiger partial charge in [-0.15, -0.1) is 0 Å². The number of fused-ring (bicyclic) bond motifs is 1. The van der Waals surface area contributed by atoms with Gasteiger partial charge in [0.05, 0.1) is 0 Å². The molecule has 2 heterocycles. The molecule has 0 amide bonds. The minimum absolute atomic E-state index is 0.0196. The average molecular weight is 393 g/mol. The number of nitrogens with zero attached hydrogens (tertiary/aromatic N) is 1. The molecule has 0 unspecified atom stereocenters. The molecule has 7 heteroatoms. The van der Waals surface area contributed by atoms with E-state index in [1.165, 1.54) is 12.1 Å². The van der Waals surface area contributed by atoms with Crippen LogP contribution in [0.4, 0.5) is 0 Å². The summed E-state index contributed by atoms with van der Waals surface area (Å²) in [7, 11) is 0. The summed E-state index contributed by atoms with van der Waals surface area (Å²) in [5.74, 6) is 0.0730. The number of ketones is 1. The quantitative estimate of drug-likeness (QED) is 0.527. The lowest BCUT2D eigenvalue weighted by molar-refractivity contribution is 0.0471. The van der Waals surface area contributed by atoms with Crippen LogP contribution in [0, 0.1) is 13.8 Å². The largest absolute Gasteiger partial charge is 0.507 e. The van der Waals surface area contributed by atoms with Gasteiger partial charge >= 0.3 is 5.97 Å². The first-order valence-electron chi connectivity index (χ1n) is 9.03. The molecule has 7 nitrogen and oxygen atoms in total. The zero-order chi connectivity index (χ0) is 20.5. The van der Waals surface area contributed by atoms with Crippen molar-refractivity contribution < 1.29 is 28.9 Å². The van der Waals surface area contributed by atoms with Crippen LogP contribution in [-0.2, 0) is 4.74 Å². The highest BCUT2D eigenvalue weighted by Crippen LogP contribution is 2.35. The van der Waals surface area contributed by atoms with Crippen LogP contribution in [0.1, 0.15) is 32.1 Å². The van der Waals surface area contributed by atoms with E-state index in [-0.39, 0.29) is 23.9 Å². The third-order valence-corrected chi connectivity index (χ3v) is 4.80. The Hall–Kier alpha value is -3.74. The Morgan fingerprint density at radius 3 is 2.59 bits per heavy atom. The lowest BCUT2D eigenvalue weighted by atomic mass is 10.1. The van der Waals surface area contributed by atoms with Crippen molar-refractivity contribution in [2.24, 2.45) is 0 Å². The first-order chi connectivity index (χ1) is 14.0. The summed E-state index contributed by atoms with van der Waals surface area (Å²) in [5, 5.41) is 9.73. The Labute approximate surface area is 167 Å². The molecule has 148 valence electrons. The highest BCUT2D eigenvalue weighted by Gasteiger charge is 2.21. The summed E-state index contributed by atoms with van der Waals surface area (Å²) in [5.41, 5.74) is 2.91. The van der Waals surface area contributed by atoms with Crippen LogP contribution >= 0.6 is 0 Å². The smallest absolute Gasteiger partial charge is 0.342 e. The molecule has 1 aliphatic heterocycles. The number of aryl methyl sites for hydroxylation is 1. The summed E-state index contributed by atoms with van der Waals surface area (Å²) in [4.78, 5) is 24.8. The van der Waals surface area contributed by atoms with E-state index in [1.54, 1.807) is 18.2 Å². The van der Waals surface area contributed by atoms with Crippen LogP contribution in [0.5, 0.6) is 17.2 Å². The number of aromatic nitrogens is 1. The van der Waals surface area contributed by atoms with Gasteiger partial charge in [0.15, 0.2) is 18.1 Å². The van der Waals surface area contributed by atoms with E-state index in [1.807, 2.05) is 36.6 Å². The summed E-state index contributed by atoms with van der Waals surface area (Å²) in [6, 6.07) is 13.4. The highest BCUT2D eigenvalue weighted by molar-refractivity contribution is 6.01. The van der Waals surface area contributed by atoms with Crippen molar-refractivity contribution in [2.75, 3.05) is 13.4 Å². The van der Waals surface area contributed by atoms with Crippen LogP contribution in [0.25, 0.3) is 5.69 Å². The molecule has 0 saturated heterocycles. The van der Waals surface area contributed by atoms with Crippen molar-refractivity contribution in [3.8, 4) is 22.9 Å². The normalized spacial score (nSPS) is 12.1. The van der Waals surface area contributed by atoms with E-state index in [9.17, 15) is 14.7 Å². The Kier molecular flexibility index (Phi) is 4.72. The van der Waals surface area contributed by atoms with Gasteiger partial charge in [0.25, 0.3) is 0 Å². The Morgan fingerprint density at radius 2 is 1.79 bits per heavy atom. The van der Waals surface area contributed by atoms with Crippen LogP contribution in [0.3, 0.4) is 0 Å². The molecule has 1 aromatic heterocycles. The molecule has 1 aliphatic rings. The second-order valence-corrected chi connectivity index (χ2v) is 6.67. The van der Waals surface area contributed by atoms with Crippen LogP contribution < -0.4 is 9.47 Å². The topological polar surface area (TPSA) is 87.0 Å². The molecule has 1 N–H and O–H groups in total. The molecule has 0 bridgehead atoms. The minimum atomic E-state index is -0.749. The predicted octanol–water partition coefficient (Wildman–Crippen LogP) is 3.57. The molecule has 0 radical (unpaired) electrons. The molecule has 0 spiro atoms. The molecule has 29 heavy (non-hydrogen) atoms. The van der Waals surface area contributed by atoms with Gasteiger partial charge in [0, 0.05) is 28.7 Å². The standard InChI is InChI=1S/C22H19NO6/c1-13-9-17(19(25)11-27-22(26)16-5-3-4-6-18(16)24)14(2)23(13)15-7-8-20-21(10-15)29-12-28-20/h3-10,24H,11-12H2,1-2H3. The Morgan fingerprint density at radius 1 is 1.03 bits per heavy atom. The summed E-state index contributed by atoms with van der Waals surface area (Å²) in [6.45, 7) is 3.49. The second-order valence-electron chi connectivity index (χ2n) is 6.67. The lowest BCUT2D eigenvalue weighted by Crippen LogP contribution is -2.15. The van der Waals surface area contributed by atoms with Crippen molar-refractivity contribution in [3.05, 3.63) is 71.0 Å². The molecule has 4 rings (SSSR count). The number of benzene rings is 2. The fourth-order valence-corrected chi connectivity index (χ4v) is 3.40. The van der Waals surface area contributed by atoms with Crippen molar-refractivity contribution in [1.29, 1.82) is 0 Å². The van der Waals surface area contributed by atoms with Crippen molar-refractivity contribution in [1.82, 2.24) is 4.57 Å². The lowest BCUT2D eigenvalue weighted by Gasteiger charge is -2.11. The number of esters is 1. The molecule has 0 fully saturated rings. The van der Waals surface area contributed by atoms with Gasteiger partial charge in [-0.1, -0.05) is 12.1 Å². The molecular formula is C22H19NO6. The van der Waals surface area contributed by atoms with Gasteiger partial charge in [-0.3, -0.25) is 4.79 Å². The first kappa shape index (κ1) is 18.6. The average Bonchev–Trinajstić information content (AvgIpc) is 3.29. The van der Waals surface area contributed by atoms with E-state index in [2.05, 4.69) is 0 Å². The zero-order valence-electron chi connectivity index (χ0n) is 16.0. The maximum Gasteiger partial charge on any atom is 0.342 e. The molecule has 0 aliphatic carbocycles. The van der Waals surface area contributed by atoms with Crippen LogP contribution in [0.15, 0.2) is 48.5 Å². The van der Waals surface area contributed by atoms with E-state index < -0.39 is 12.6 Å². The van der Waals surface area contributed by atoms with E-state index in [0.717, 1.165) is 17.1 Å². The molecule has 0 atom stereocenters. The number of phenols is 1. The molecule has 0 saturated carbocycles. The third kappa shape index (κ3) is 3.42. The van der Waals surface area contributed by atoms with Gasteiger partial charge in [0.2, 0.25) is 12.6 Å². The number of hydrogen-bond acceptors (Lipinski definition) is 6. The first-order valence-corrected chi connectivity index (χ1v) is 9.03. The number of para-hydroxylation sites is 1. The van der Waals surface area contributed by atoms with Crippen molar-refractivity contribution in [2.45, 2.75) is 13.8 Å². The van der Waals surface area contributed by atoms with E-state index in [0.29, 0.717) is 17.1 Å². The SMILES string of the molecule is Cc1cc(C(=O)COC(=O)c2ccccc2O)c(C)n1-c1ccc2c(c1)OCO2. The van der Waals surface area contributed by atoms with E-state index in [4.69, 9.17) is 14.2 Å². The summed E-state index contributed by atoms with van der Waals surface area (Å²) >= 11 is 0. The molecule has 2 aromatic carbocycles. The van der Waals surface area contributed by atoms with Crippen molar-refractivity contribution in [3.63, 3.8) is 0 Å².